The maximum atomic E-state index is 12.9. The molecule has 1 aliphatic carbocycles. The summed E-state index contributed by atoms with van der Waals surface area (Å²) in [6.45, 7) is 5.92. The molecule has 1 aromatic heterocycles. The van der Waals surface area contributed by atoms with Gasteiger partial charge in [-0.15, -0.1) is 0 Å². The Hall–Kier alpha value is -3.08. The first-order chi connectivity index (χ1) is 17.1. The van der Waals surface area contributed by atoms with Crippen LogP contribution in [-0.4, -0.2) is 59.3 Å². The topological polar surface area (TPSA) is 107 Å². The fraction of sp³-hybridized carbons (Fsp3) is 0.520. The lowest BCUT2D eigenvalue weighted by Crippen LogP contribution is -2.47. The molecule has 1 heterocycles. The predicted molar refractivity (Wildman–Crippen MR) is 137 cm³/mol. The van der Waals surface area contributed by atoms with E-state index in [4.69, 9.17) is 21.5 Å². The first kappa shape index (κ1) is 30.1. The molecule has 8 nitrogen and oxygen atoms in total. The lowest BCUT2D eigenvalue weighted by Gasteiger charge is -2.33. The molecule has 3 rings (SSSR count). The summed E-state index contributed by atoms with van der Waals surface area (Å²) in [7, 11) is 3.97. The van der Waals surface area contributed by atoms with Gasteiger partial charge in [0.05, 0.1) is 5.41 Å². The Kier molecular flexibility index (Phi) is 10.1. The summed E-state index contributed by atoms with van der Waals surface area (Å²) >= 11 is 5.98. The van der Waals surface area contributed by atoms with E-state index in [1.54, 1.807) is 0 Å². The van der Waals surface area contributed by atoms with Crippen molar-refractivity contribution in [2.45, 2.75) is 70.1 Å². The molecule has 0 aliphatic heterocycles. The number of halogens is 4. The van der Waals surface area contributed by atoms with Gasteiger partial charge in [-0.25, -0.2) is 9.78 Å². The van der Waals surface area contributed by atoms with Crippen molar-refractivity contribution in [2.24, 2.45) is 0 Å². The molecule has 1 saturated carbocycles. The van der Waals surface area contributed by atoms with Crippen LogP contribution in [0.2, 0.25) is 5.02 Å². The van der Waals surface area contributed by atoms with Gasteiger partial charge in [-0.2, -0.15) is 18.2 Å². The zero-order valence-corrected chi connectivity index (χ0v) is 22.2. The van der Waals surface area contributed by atoms with Crippen LogP contribution in [0.4, 0.5) is 24.9 Å². The Bertz CT molecular complexity index is 1070. The third kappa shape index (κ3) is 8.77. The molecular weight excluding hydrogens is 511 g/mol. The van der Waals surface area contributed by atoms with E-state index in [1.165, 1.54) is 0 Å². The minimum Gasteiger partial charge on any atom is -0.475 e. The van der Waals surface area contributed by atoms with Crippen LogP contribution in [0, 0.1) is 6.92 Å². The third-order valence-electron chi connectivity index (χ3n) is 6.14. The fourth-order valence-electron chi connectivity index (χ4n) is 3.88. The van der Waals surface area contributed by atoms with Gasteiger partial charge in [0, 0.05) is 43.0 Å². The van der Waals surface area contributed by atoms with Gasteiger partial charge in [-0.3, -0.25) is 4.79 Å². The number of carboxylic acid groups (broad SMARTS) is 1. The minimum absolute atomic E-state index is 0.0544. The maximum absolute atomic E-state index is 12.9. The summed E-state index contributed by atoms with van der Waals surface area (Å²) < 4.78 is 31.7. The van der Waals surface area contributed by atoms with Crippen molar-refractivity contribution >= 4 is 35.2 Å². The molecule has 0 saturated heterocycles. The van der Waals surface area contributed by atoms with Crippen LogP contribution in [0.3, 0.4) is 0 Å². The highest BCUT2D eigenvalue weighted by molar-refractivity contribution is 6.30. The van der Waals surface area contributed by atoms with Crippen LogP contribution in [0.1, 0.15) is 50.7 Å². The van der Waals surface area contributed by atoms with Gasteiger partial charge in [-0.1, -0.05) is 23.7 Å². The number of nitrogens with zero attached hydrogens (tertiary/aromatic N) is 3. The molecule has 204 valence electrons. The van der Waals surface area contributed by atoms with Crippen molar-refractivity contribution in [3.63, 3.8) is 0 Å². The molecule has 12 heteroatoms. The van der Waals surface area contributed by atoms with E-state index >= 15 is 0 Å². The van der Waals surface area contributed by atoms with Crippen LogP contribution in [0.25, 0.3) is 0 Å². The molecule has 1 aliphatic rings. The van der Waals surface area contributed by atoms with Gasteiger partial charge in [0.2, 0.25) is 11.9 Å². The average Bonchev–Trinajstić information content (AvgIpc) is 2.81. The third-order valence-corrected chi connectivity index (χ3v) is 6.39. The summed E-state index contributed by atoms with van der Waals surface area (Å²) in [4.78, 5) is 32.9. The van der Waals surface area contributed by atoms with Gasteiger partial charge in [-0.05, 0) is 64.2 Å². The maximum Gasteiger partial charge on any atom is 0.490 e. The Morgan fingerprint density at radius 1 is 1.05 bits per heavy atom. The second kappa shape index (κ2) is 12.4. The largest absolute Gasteiger partial charge is 0.490 e. The number of carboxylic acids is 1. The van der Waals surface area contributed by atoms with E-state index in [-0.39, 0.29) is 11.9 Å². The van der Waals surface area contributed by atoms with Crippen molar-refractivity contribution in [1.82, 2.24) is 15.3 Å². The van der Waals surface area contributed by atoms with E-state index in [9.17, 15) is 18.0 Å². The molecule has 0 bridgehead atoms. The Labute approximate surface area is 219 Å². The summed E-state index contributed by atoms with van der Waals surface area (Å²) in [5.74, 6) is -1.11. The smallest absolute Gasteiger partial charge is 0.475 e. The van der Waals surface area contributed by atoms with Gasteiger partial charge in [0.1, 0.15) is 5.82 Å². The fourth-order valence-corrected chi connectivity index (χ4v) is 4.01. The molecular formula is C25H33ClF3N5O3. The lowest BCUT2D eigenvalue weighted by molar-refractivity contribution is -0.192. The SMILES string of the molecule is Cc1cnc(NC2CCC(NC(=O)C(C)(C)c3ccc(Cl)cc3)CC2)nc1N(C)C.O=C(O)C(F)(F)F. The Balaban J connectivity index is 0.000000604. The van der Waals surface area contributed by atoms with E-state index in [0.717, 1.165) is 42.6 Å². The number of hydrogen-bond acceptors (Lipinski definition) is 6. The molecule has 0 unspecified atom stereocenters. The number of aryl methyl sites for hydroxylation is 1. The molecule has 0 atom stereocenters. The number of carbonyl (C=O) groups excluding carboxylic acids is 1. The second-order valence-corrected chi connectivity index (χ2v) is 10.1. The van der Waals surface area contributed by atoms with E-state index < -0.39 is 17.6 Å². The number of amides is 1. The van der Waals surface area contributed by atoms with Gasteiger partial charge < -0.3 is 20.6 Å². The Morgan fingerprint density at radius 2 is 1.57 bits per heavy atom. The number of benzene rings is 1. The highest BCUT2D eigenvalue weighted by atomic mass is 35.5. The molecule has 37 heavy (non-hydrogen) atoms. The molecule has 2 aromatic rings. The number of nitrogens with one attached hydrogen (secondary N) is 2. The highest BCUT2D eigenvalue weighted by Gasteiger charge is 2.38. The normalized spacial score (nSPS) is 17.8. The quantitative estimate of drug-likeness (QED) is 0.473. The first-order valence-electron chi connectivity index (χ1n) is 11.8. The first-order valence-corrected chi connectivity index (χ1v) is 12.1. The second-order valence-electron chi connectivity index (χ2n) is 9.70. The number of aromatic nitrogens is 2. The van der Waals surface area contributed by atoms with E-state index in [1.807, 2.05) is 70.2 Å². The van der Waals surface area contributed by atoms with Crippen LogP contribution >= 0.6 is 11.6 Å². The summed E-state index contributed by atoms with van der Waals surface area (Å²) in [6.07, 6.45) is 0.593. The molecule has 1 amide bonds. The van der Waals surface area contributed by atoms with Gasteiger partial charge in [0.25, 0.3) is 0 Å². The average molecular weight is 544 g/mol. The number of alkyl halides is 3. The van der Waals surface area contributed by atoms with Crippen LogP contribution in [0.5, 0.6) is 0 Å². The molecule has 3 N–H and O–H groups in total. The van der Waals surface area contributed by atoms with Crippen LogP contribution < -0.4 is 15.5 Å². The molecule has 0 spiro atoms. The zero-order valence-electron chi connectivity index (χ0n) is 21.5. The molecule has 1 aromatic carbocycles. The number of rotatable bonds is 6. The van der Waals surface area contributed by atoms with Gasteiger partial charge in [0.15, 0.2) is 0 Å². The lowest BCUT2D eigenvalue weighted by atomic mass is 9.82. The van der Waals surface area contributed by atoms with Crippen LogP contribution in [-0.2, 0) is 15.0 Å². The van der Waals surface area contributed by atoms with Crippen molar-refractivity contribution in [1.29, 1.82) is 0 Å². The van der Waals surface area contributed by atoms with Crippen LogP contribution in [0.15, 0.2) is 30.5 Å². The summed E-state index contributed by atoms with van der Waals surface area (Å²) in [5.41, 5.74) is 1.42. The number of carbonyl (C=O) groups is 2. The highest BCUT2D eigenvalue weighted by Crippen LogP contribution is 2.27. The summed E-state index contributed by atoms with van der Waals surface area (Å²) in [5, 5.41) is 14.5. The van der Waals surface area contributed by atoms with Gasteiger partial charge >= 0.3 is 12.1 Å². The van der Waals surface area contributed by atoms with Crippen molar-refractivity contribution in [3.8, 4) is 0 Å². The minimum atomic E-state index is -5.08. The standard InChI is InChI=1S/C23H32ClN5O.C2HF3O2/c1-15-14-25-22(28-20(15)29(4)5)27-19-12-10-18(11-13-19)26-21(30)23(2,3)16-6-8-17(24)9-7-16;3-2(4,5)1(6)7/h6-9,14,18-19H,10-13H2,1-5H3,(H,26,30)(H,25,27,28);(H,6,7). The molecule has 1 fully saturated rings. The predicted octanol–water partition coefficient (Wildman–Crippen LogP) is 4.95. The zero-order chi connectivity index (χ0) is 28.0. The number of anilines is 2. The van der Waals surface area contributed by atoms with Crippen molar-refractivity contribution < 1.29 is 27.9 Å². The summed E-state index contributed by atoms with van der Waals surface area (Å²) in [6, 6.07) is 8.02. The van der Waals surface area contributed by atoms with Crippen molar-refractivity contribution in [3.05, 3.63) is 46.6 Å². The monoisotopic (exact) mass is 543 g/mol. The Morgan fingerprint density at radius 3 is 2.05 bits per heavy atom. The van der Waals surface area contributed by atoms with Crippen molar-refractivity contribution in [2.75, 3.05) is 24.3 Å². The number of hydrogen-bond donors (Lipinski definition) is 3. The van der Waals surface area contributed by atoms with E-state index in [0.29, 0.717) is 17.0 Å². The number of aliphatic carboxylic acids is 1. The van der Waals surface area contributed by atoms with E-state index in [2.05, 4.69) is 20.6 Å². The molecule has 0 radical (unpaired) electrons.